The highest BCUT2D eigenvalue weighted by Crippen LogP contribution is 2.24. The van der Waals surface area contributed by atoms with Crippen molar-refractivity contribution in [3.8, 4) is 0 Å². The van der Waals surface area contributed by atoms with Crippen molar-refractivity contribution in [2.24, 2.45) is 0 Å². The van der Waals surface area contributed by atoms with Crippen molar-refractivity contribution in [1.29, 1.82) is 0 Å². The summed E-state index contributed by atoms with van der Waals surface area (Å²) in [5.41, 5.74) is 1.47. The standard InChI is InChI=1S/C21H31NO3/c1-5-8-16-10-12-17(13-11-16)19(23)15-18-9-6-7-14-22(18)20(24)25-21(2,3)4/h10-13,18H,5-9,14-15H2,1-4H3. The van der Waals surface area contributed by atoms with Crippen molar-refractivity contribution in [1.82, 2.24) is 4.90 Å². The molecule has 1 atom stereocenters. The molecule has 1 fully saturated rings. The minimum Gasteiger partial charge on any atom is -0.444 e. The van der Waals surface area contributed by atoms with Gasteiger partial charge in [0.15, 0.2) is 5.78 Å². The van der Waals surface area contributed by atoms with E-state index < -0.39 is 5.60 Å². The zero-order valence-electron chi connectivity index (χ0n) is 16.0. The minimum atomic E-state index is -0.516. The highest BCUT2D eigenvalue weighted by atomic mass is 16.6. The Morgan fingerprint density at radius 3 is 2.44 bits per heavy atom. The average Bonchev–Trinajstić information content (AvgIpc) is 2.54. The van der Waals surface area contributed by atoms with Crippen molar-refractivity contribution in [3.05, 3.63) is 35.4 Å². The minimum absolute atomic E-state index is 0.0635. The summed E-state index contributed by atoms with van der Waals surface area (Å²) >= 11 is 0. The maximum Gasteiger partial charge on any atom is 0.410 e. The molecule has 138 valence electrons. The SMILES string of the molecule is CCCc1ccc(C(=O)CC2CCCCN2C(=O)OC(C)(C)C)cc1. The van der Waals surface area contributed by atoms with E-state index in [1.807, 2.05) is 45.0 Å². The fourth-order valence-electron chi connectivity index (χ4n) is 3.25. The van der Waals surface area contributed by atoms with Crippen LogP contribution in [0.15, 0.2) is 24.3 Å². The average molecular weight is 345 g/mol. The second-order valence-electron chi connectivity index (χ2n) is 7.90. The van der Waals surface area contributed by atoms with Crippen molar-refractivity contribution < 1.29 is 14.3 Å². The Balaban J connectivity index is 2.02. The number of amides is 1. The first-order valence-corrected chi connectivity index (χ1v) is 9.42. The molecule has 1 saturated heterocycles. The number of hydrogen-bond acceptors (Lipinski definition) is 3. The van der Waals surface area contributed by atoms with Gasteiger partial charge in [0.25, 0.3) is 0 Å². The molecule has 25 heavy (non-hydrogen) atoms. The molecule has 0 N–H and O–H groups in total. The summed E-state index contributed by atoms with van der Waals surface area (Å²) in [4.78, 5) is 26.9. The topological polar surface area (TPSA) is 46.6 Å². The predicted molar refractivity (Wildman–Crippen MR) is 100.0 cm³/mol. The molecule has 1 aliphatic rings. The quantitative estimate of drug-likeness (QED) is 0.705. The third kappa shape index (κ3) is 5.87. The van der Waals surface area contributed by atoms with Crippen LogP contribution in [-0.4, -0.2) is 35.0 Å². The fraction of sp³-hybridized carbons (Fsp3) is 0.619. The van der Waals surface area contributed by atoms with Crippen LogP contribution in [0.25, 0.3) is 0 Å². The number of likely N-dealkylation sites (tertiary alicyclic amines) is 1. The van der Waals surface area contributed by atoms with Gasteiger partial charge in [0.1, 0.15) is 5.60 Å². The monoisotopic (exact) mass is 345 g/mol. The Bertz CT molecular complexity index is 586. The van der Waals surface area contributed by atoms with Crippen LogP contribution in [0.4, 0.5) is 4.79 Å². The van der Waals surface area contributed by atoms with Gasteiger partial charge in [0.2, 0.25) is 0 Å². The molecule has 1 aromatic rings. The molecule has 0 aliphatic carbocycles. The Hall–Kier alpha value is -1.84. The molecule has 0 saturated carbocycles. The van der Waals surface area contributed by atoms with Crippen LogP contribution in [0, 0.1) is 0 Å². The molecule has 1 unspecified atom stereocenters. The number of ketones is 1. The summed E-state index contributed by atoms with van der Waals surface area (Å²) in [6.07, 6.45) is 5.07. The van der Waals surface area contributed by atoms with Crippen LogP contribution >= 0.6 is 0 Å². The lowest BCUT2D eigenvalue weighted by molar-refractivity contribution is 0.00946. The summed E-state index contributed by atoms with van der Waals surface area (Å²) < 4.78 is 5.51. The Kier molecular flexibility index (Phi) is 6.63. The molecule has 1 aromatic carbocycles. The molecule has 1 heterocycles. The second-order valence-corrected chi connectivity index (χ2v) is 7.90. The van der Waals surface area contributed by atoms with Gasteiger partial charge in [-0.1, -0.05) is 37.6 Å². The van der Waals surface area contributed by atoms with Gasteiger partial charge in [0.05, 0.1) is 0 Å². The van der Waals surface area contributed by atoms with E-state index in [1.54, 1.807) is 4.90 Å². The highest BCUT2D eigenvalue weighted by Gasteiger charge is 2.31. The van der Waals surface area contributed by atoms with E-state index in [-0.39, 0.29) is 17.9 Å². The largest absolute Gasteiger partial charge is 0.444 e. The number of benzene rings is 1. The number of piperidine rings is 1. The molecule has 0 bridgehead atoms. The lowest BCUT2D eigenvalue weighted by atomic mass is 9.95. The van der Waals surface area contributed by atoms with Crippen LogP contribution in [0.5, 0.6) is 0 Å². The normalized spacial score (nSPS) is 18.1. The van der Waals surface area contributed by atoms with Gasteiger partial charge in [-0.15, -0.1) is 0 Å². The number of ether oxygens (including phenoxy) is 1. The van der Waals surface area contributed by atoms with Gasteiger partial charge in [-0.2, -0.15) is 0 Å². The zero-order chi connectivity index (χ0) is 18.4. The number of Topliss-reactive ketones (excluding diaryl/α,β-unsaturated/α-hetero) is 1. The molecular weight excluding hydrogens is 314 g/mol. The Labute approximate surface area is 151 Å². The van der Waals surface area contributed by atoms with Gasteiger partial charge >= 0.3 is 6.09 Å². The van der Waals surface area contributed by atoms with Gasteiger partial charge in [-0.05, 0) is 52.0 Å². The summed E-state index contributed by atoms with van der Waals surface area (Å²) in [7, 11) is 0. The molecule has 1 amide bonds. The van der Waals surface area contributed by atoms with Crippen LogP contribution in [0.3, 0.4) is 0 Å². The number of carbonyl (C=O) groups is 2. The van der Waals surface area contributed by atoms with E-state index in [9.17, 15) is 9.59 Å². The van der Waals surface area contributed by atoms with Gasteiger partial charge in [-0.25, -0.2) is 4.79 Å². The summed E-state index contributed by atoms with van der Waals surface area (Å²) in [5, 5.41) is 0. The van der Waals surface area contributed by atoms with E-state index in [2.05, 4.69) is 6.92 Å². The van der Waals surface area contributed by atoms with Gasteiger partial charge < -0.3 is 9.64 Å². The van der Waals surface area contributed by atoms with Gasteiger partial charge in [-0.3, -0.25) is 4.79 Å². The molecule has 0 spiro atoms. The first kappa shape index (κ1) is 19.5. The number of carbonyl (C=O) groups excluding carboxylic acids is 2. The van der Waals surface area contributed by atoms with Crippen molar-refractivity contribution in [2.45, 2.75) is 77.9 Å². The van der Waals surface area contributed by atoms with Crippen LogP contribution < -0.4 is 0 Å². The fourth-order valence-corrected chi connectivity index (χ4v) is 3.25. The molecule has 4 nitrogen and oxygen atoms in total. The first-order chi connectivity index (χ1) is 11.8. The van der Waals surface area contributed by atoms with Crippen molar-refractivity contribution >= 4 is 11.9 Å². The highest BCUT2D eigenvalue weighted by molar-refractivity contribution is 5.96. The summed E-state index contributed by atoms with van der Waals surface area (Å²) in [5.74, 6) is 0.100. The van der Waals surface area contributed by atoms with Crippen LogP contribution in [0.1, 0.15) is 75.7 Å². The van der Waals surface area contributed by atoms with E-state index >= 15 is 0 Å². The first-order valence-electron chi connectivity index (χ1n) is 9.42. The molecule has 0 aromatic heterocycles. The Morgan fingerprint density at radius 2 is 1.84 bits per heavy atom. The smallest absolute Gasteiger partial charge is 0.410 e. The molecule has 2 rings (SSSR count). The van der Waals surface area contributed by atoms with Crippen LogP contribution in [-0.2, 0) is 11.2 Å². The number of rotatable bonds is 5. The third-order valence-corrected chi connectivity index (χ3v) is 4.49. The zero-order valence-corrected chi connectivity index (χ0v) is 16.0. The predicted octanol–water partition coefficient (Wildman–Crippen LogP) is 5.00. The molecule has 1 aliphatic heterocycles. The summed E-state index contributed by atoms with van der Waals surface area (Å²) in [6.45, 7) is 8.42. The maximum absolute atomic E-state index is 12.7. The van der Waals surface area contributed by atoms with E-state index in [0.717, 1.165) is 37.7 Å². The number of hydrogen-bond donors (Lipinski definition) is 0. The maximum atomic E-state index is 12.7. The van der Waals surface area contributed by atoms with Crippen molar-refractivity contribution in [2.75, 3.05) is 6.54 Å². The number of nitrogens with zero attached hydrogens (tertiary/aromatic N) is 1. The summed E-state index contributed by atoms with van der Waals surface area (Å²) in [6, 6.07) is 7.82. The van der Waals surface area contributed by atoms with Gasteiger partial charge in [0, 0.05) is 24.6 Å². The van der Waals surface area contributed by atoms with E-state index in [1.165, 1.54) is 5.56 Å². The number of aryl methyl sites for hydroxylation is 1. The Morgan fingerprint density at radius 1 is 1.16 bits per heavy atom. The second kappa shape index (κ2) is 8.50. The van der Waals surface area contributed by atoms with Crippen molar-refractivity contribution in [3.63, 3.8) is 0 Å². The van der Waals surface area contributed by atoms with E-state index in [0.29, 0.717) is 13.0 Å². The molecular formula is C21H31NO3. The molecule has 4 heteroatoms. The van der Waals surface area contributed by atoms with Crippen LogP contribution in [0.2, 0.25) is 0 Å². The molecule has 0 radical (unpaired) electrons. The third-order valence-electron chi connectivity index (χ3n) is 4.49. The lowest BCUT2D eigenvalue weighted by Crippen LogP contribution is -2.46. The van der Waals surface area contributed by atoms with E-state index in [4.69, 9.17) is 4.74 Å². The lowest BCUT2D eigenvalue weighted by Gasteiger charge is -2.36.